The van der Waals surface area contributed by atoms with Gasteiger partial charge < -0.3 is 0 Å². The monoisotopic (exact) mass is 187 g/mol. The summed E-state index contributed by atoms with van der Waals surface area (Å²) in [5.74, 6) is 0.555. The Bertz CT molecular complexity index is 396. The van der Waals surface area contributed by atoms with Crippen LogP contribution in [0.25, 0.3) is 5.78 Å². The third-order valence-corrected chi connectivity index (χ3v) is 1.76. The summed E-state index contributed by atoms with van der Waals surface area (Å²) < 4.78 is 1.61. The van der Waals surface area contributed by atoms with E-state index in [1.165, 1.54) is 12.4 Å². The molecule has 3 nitrogen and oxygen atoms in total. The van der Waals surface area contributed by atoms with Gasteiger partial charge in [-0.3, -0.25) is 4.40 Å². The lowest BCUT2D eigenvalue weighted by atomic mass is 10.6. The van der Waals surface area contributed by atoms with Gasteiger partial charge in [-0.05, 0) is 0 Å². The van der Waals surface area contributed by atoms with Gasteiger partial charge in [-0.1, -0.05) is 23.2 Å². The average molecular weight is 188 g/mol. The first-order chi connectivity index (χ1) is 5.27. The Labute approximate surface area is 72.6 Å². The molecule has 0 saturated carbocycles. The molecular weight excluding hydrogens is 185 g/mol. The quantitative estimate of drug-likeness (QED) is 0.633. The normalized spacial score (nSPS) is 10.7. The number of halogens is 2. The molecule has 0 bridgehead atoms. The number of imidazole rings is 1. The Hall–Kier alpha value is -0.800. The lowest BCUT2D eigenvalue weighted by Gasteiger charge is -1.92. The number of aromatic nitrogens is 3. The van der Waals surface area contributed by atoms with E-state index in [0.29, 0.717) is 16.0 Å². The number of hydrogen-bond donors (Lipinski definition) is 0. The molecule has 11 heavy (non-hydrogen) atoms. The lowest BCUT2D eigenvalue weighted by molar-refractivity contribution is 1.11. The van der Waals surface area contributed by atoms with Gasteiger partial charge in [-0.15, -0.1) is 0 Å². The Morgan fingerprint density at radius 2 is 1.91 bits per heavy atom. The molecule has 0 radical (unpaired) electrons. The zero-order valence-corrected chi connectivity index (χ0v) is 6.84. The van der Waals surface area contributed by atoms with Gasteiger partial charge in [-0.2, -0.15) is 0 Å². The van der Waals surface area contributed by atoms with E-state index in [2.05, 4.69) is 9.97 Å². The number of hydrogen-bond acceptors (Lipinski definition) is 2. The van der Waals surface area contributed by atoms with Crippen molar-refractivity contribution in [3.63, 3.8) is 0 Å². The second-order valence-corrected chi connectivity index (χ2v) is 2.85. The first-order valence-electron chi connectivity index (χ1n) is 2.91. The summed E-state index contributed by atoms with van der Waals surface area (Å²) >= 11 is 11.4. The summed E-state index contributed by atoms with van der Waals surface area (Å²) in [6, 6.07) is 0. The largest absolute Gasteiger partial charge is 0.273 e. The molecule has 0 atom stereocenters. The van der Waals surface area contributed by atoms with Crippen molar-refractivity contribution in [2.45, 2.75) is 0 Å². The van der Waals surface area contributed by atoms with Crippen LogP contribution in [0.15, 0.2) is 18.6 Å². The maximum atomic E-state index is 5.75. The van der Waals surface area contributed by atoms with Crippen LogP contribution in [0.2, 0.25) is 10.2 Å². The Morgan fingerprint density at radius 3 is 2.73 bits per heavy atom. The predicted octanol–water partition coefficient (Wildman–Crippen LogP) is 2.04. The molecule has 0 amide bonds. The second kappa shape index (κ2) is 2.36. The fourth-order valence-corrected chi connectivity index (χ4v) is 1.14. The number of nitrogens with zero attached hydrogens (tertiary/aromatic N) is 3. The van der Waals surface area contributed by atoms with Crippen molar-refractivity contribution < 1.29 is 0 Å². The molecule has 0 aliphatic carbocycles. The van der Waals surface area contributed by atoms with Gasteiger partial charge >= 0.3 is 0 Å². The first-order valence-corrected chi connectivity index (χ1v) is 3.67. The molecule has 0 aliphatic heterocycles. The lowest BCUT2D eigenvalue weighted by Crippen LogP contribution is -1.86. The van der Waals surface area contributed by atoms with Crippen molar-refractivity contribution in [2.75, 3.05) is 0 Å². The van der Waals surface area contributed by atoms with Crippen LogP contribution in [0.3, 0.4) is 0 Å². The highest BCUT2D eigenvalue weighted by Gasteiger charge is 2.00. The summed E-state index contributed by atoms with van der Waals surface area (Å²) in [6.45, 7) is 0. The molecule has 2 aromatic rings. The van der Waals surface area contributed by atoms with Gasteiger partial charge in [0, 0.05) is 6.20 Å². The van der Waals surface area contributed by atoms with E-state index in [0.717, 1.165) is 0 Å². The Balaban J connectivity index is 2.87. The molecule has 0 unspecified atom stereocenters. The highest BCUT2D eigenvalue weighted by atomic mass is 35.5. The van der Waals surface area contributed by atoms with E-state index in [1.807, 2.05) is 0 Å². The van der Waals surface area contributed by atoms with E-state index in [1.54, 1.807) is 10.6 Å². The zero-order valence-electron chi connectivity index (χ0n) is 5.33. The van der Waals surface area contributed by atoms with Gasteiger partial charge in [0.1, 0.15) is 5.15 Å². The minimum Gasteiger partial charge on any atom is -0.273 e. The van der Waals surface area contributed by atoms with E-state index >= 15 is 0 Å². The minimum atomic E-state index is 0.509. The Kier molecular flexibility index (Phi) is 1.47. The molecule has 0 aromatic carbocycles. The fourth-order valence-electron chi connectivity index (χ4n) is 0.822. The van der Waals surface area contributed by atoms with Crippen LogP contribution < -0.4 is 0 Å². The molecule has 2 heterocycles. The van der Waals surface area contributed by atoms with Crippen LogP contribution in [0.1, 0.15) is 0 Å². The molecule has 0 saturated heterocycles. The zero-order chi connectivity index (χ0) is 7.84. The van der Waals surface area contributed by atoms with Crippen LogP contribution >= 0.6 is 23.2 Å². The van der Waals surface area contributed by atoms with Crippen LogP contribution in [-0.2, 0) is 0 Å². The van der Waals surface area contributed by atoms with Crippen molar-refractivity contribution in [1.29, 1.82) is 0 Å². The highest BCUT2D eigenvalue weighted by molar-refractivity contribution is 6.31. The summed E-state index contributed by atoms with van der Waals surface area (Å²) in [5.41, 5.74) is 0. The summed E-state index contributed by atoms with van der Waals surface area (Å²) in [4.78, 5) is 7.86. The third kappa shape index (κ3) is 1.06. The third-order valence-electron chi connectivity index (χ3n) is 1.29. The van der Waals surface area contributed by atoms with Crippen molar-refractivity contribution in [1.82, 2.24) is 14.4 Å². The maximum absolute atomic E-state index is 5.75. The van der Waals surface area contributed by atoms with Gasteiger partial charge in [0.05, 0.1) is 17.4 Å². The van der Waals surface area contributed by atoms with Crippen molar-refractivity contribution in [3.05, 3.63) is 28.8 Å². The first kappa shape index (κ1) is 6.88. The van der Waals surface area contributed by atoms with Gasteiger partial charge in [0.25, 0.3) is 0 Å². The van der Waals surface area contributed by atoms with Gasteiger partial charge in [0.2, 0.25) is 5.78 Å². The second-order valence-electron chi connectivity index (χ2n) is 2.02. The smallest absolute Gasteiger partial charge is 0.234 e. The van der Waals surface area contributed by atoms with E-state index < -0.39 is 0 Å². The van der Waals surface area contributed by atoms with Gasteiger partial charge in [-0.25, -0.2) is 9.97 Å². The molecule has 2 rings (SSSR count). The fraction of sp³-hybridized carbons (Fsp3) is 0. The number of rotatable bonds is 0. The van der Waals surface area contributed by atoms with E-state index in [-0.39, 0.29) is 0 Å². The van der Waals surface area contributed by atoms with E-state index in [4.69, 9.17) is 23.2 Å². The molecule has 0 spiro atoms. The van der Waals surface area contributed by atoms with E-state index in [9.17, 15) is 0 Å². The topological polar surface area (TPSA) is 30.2 Å². The Morgan fingerprint density at radius 1 is 1.18 bits per heavy atom. The maximum Gasteiger partial charge on any atom is 0.234 e. The van der Waals surface area contributed by atoms with Crippen molar-refractivity contribution in [3.8, 4) is 0 Å². The summed E-state index contributed by atoms with van der Waals surface area (Å²) in [7, 11) is 0. The minimum absolute atomic E-state index is 0.509. The molecule has 2 aromatic heterocycles. The van der Waals surface area contributed by atoms with Crippen LogP contribution in [-0.4, -0.2) is 14.4 Å². The number of fused-ring (bicyclic) bond motifs is 1. The van der Waals surface area contributed by atoms with Crippen LogP contribution in [0.4, 0.5) is 0 Å². The predicted molar refractivity (Wildman–Crippen MR) is 43.0 cm³/mol. The molecule has 0 N–H and O–H groups in total. The van der Waals surface area contributed by atoms with Crippen LogP contribution in [0, 0.1) is 0 Å². The standard InChI is InChI=1S/C6H3Cl2N3/c7-4-1-9-6-10-2-5(8)11(6)3-4/h1-3H. The van der Waals surface area contributed by atoms with Gasteiger partial charge in [0.15, 0.2) is 0 Å². The summed E-state index contributed by atoms with van der Waals surface area (Å²) in [6.07, 6.45) is 4.72. The average Bonchev–Trinajstić information content (AvgIpc) is 2.33. The van der Waals surface area contributed by atoms with Crippen molar-refractivity contribution in [2.24, 2.45) is 0 Å². The molecule has 56 valence electrons. The SMILES string of the molecule is Clc1cnc2ncc(Cl)n2c1. The molecule has 5 heteroatoms. The highest BCUT2D eigenvalue weighted by Crippen LogP contribution is 2.13. The summed E-state index contributed by atoms with van der Waals surface area (Å²) in [5, 5.41) is 1.05. The molecular formula is C6H3Cl2N3. The van der Waals surface area contributed by atoms with Crippen molar-refractivity contribution >= 4 is 29.0 Å². The molecule has 0 fully saturated rings. The molecule has 0 aliphatic rings. The van der Waals surface area contributed by atoms with Crippen LogP contribution in [0.5, 0.6) is 0 Å².